The standard InChI is InChI=1S/C27H31FN4O4/c1-3-11-30-12-10-23-20(16-30)22(29-32(23)24-7-5-4-6-21(24)28)17-31(13-14-34-2)27(33)19-8-9-25-26(15-19)36-18-35-25/h4-9,15H,3,10-14,16-18H2,1-2H3. The summed E-state index contributed by atoms with van der Waals surface area (Å²) in [5.74, 6) is 0.714. The van der Waals surface area contributed by atoms with Crippen molar-refractivity contribution in [1.82, 2.24) is 19.6 Å². The van der Waals surface area contributed by atoms with E-state index in [2.05, 4.69) is 11.8 Å². The minimum Gasteiger partial charge on any atom is -0.454 e. The van der Waals surface area contributed by atoms with Gasteiger partial charge in [-0.15, -0.1) is 0 Å². The lowest BCUT2D eigenvalue weighted by molar-refractivity contribution is 0.0676. The van der Waals surface area contributed by atoms with Crippen LogP contribution in [-0.4, -0.2) is 65.6 Å². The third-order valence-corrected chi connectivity index (χ3v) is 6.65. The molecule has 1 aromatic heterocycles. The number of nitrogens with zero attached hydrogens (tertiary/aromatic N) is 4. The Kier molecular flexibility index (Phi) is 7.20. The van der Waals surface area contributed by atoms with E-state index in [4.69, 9.17) is 19.3 Å². The Bertz CT molecular complexity index is 1240. The van der Waals surface area contributed by atoms with Gasteiger partial charge >= 0.3 is 0 Å². The van der Waals surface area contributed by atoms with Crippen LogP contribution in [0.2, 0.25) is 0 Å². The van der Waals surface area contributed by atoms with Gasteiger partial charge in [0.05, 0.1) is 24.5 Å². The maximum atomic E-state index is 14.8. The van der Waals surface area contributed by atoms with Gasteiger partial charge in [0, 0.05) is 44.3 Å². The van der Waals surface area contributed by atoms with Crippen molar-refractivity contribution in [3.05, 3.63) is 70.8 Å². The van der Waals surface area contributed by atoms with Gasteiger partial charge in [0.15, 0.2) is 11.5 Å². The molecule has 0 radical (unpaired) electrons. The van der Waals surface area contributed by atoms with Crippen LogP contribution in [0.5, 0.6) is 11.5 Å². The molecule has 0 bridgehead atoms. The molecule has 2 aromatic carbocycles. The van der Waals surface area contributed by atoms with Gasteiger partial charge < -0.3 is 19.1 Å². The first kappa shape index (κ1) is 24.3. The van der Waals surface area contributed by atoms with Crippen molar-refractivity contribution in [1.29, 1.82) is 0 Å². The summed E-state index contributed by atoms with van der Waals surface area (Å²) in [6.07, 6.45) is 1.82. The SMILES string of the molecule is CCCN1CCc2c(c(CN(CCOC)C(=O)c3ccc4c(c3)OCO4)nn2-c2ccccc2F)C1. The maximum Gasteiger partial charge on any atom is 0.254 e. The van der Waals surface area contributed by atoms with E-state index in [1.54, 1.807) is 47.0 Å². The van der Waals surface area contributed by atoms with Crippen molar-refractivity contribution < 1.29 is 23.4 Å². The molecule has 0 N–H and O–H groups in total. The number of carbonyl (C=O) groups is 1. The summed E-state index contributed by atoms with van der Waals surface area (Å²) in [5, 5.41) is 4.87. The molecule has 2 aliphatic rings. The highest BCUT2D eigenvalue weighted by Gasteiger charge is 2.29. The van der Waals surface area contributed by atoms with Crippen LogP contribution >= 0.6 is 0 Å². The monoisotopic (exact) mass is 494 g/mol. The minimum atomic E-state index is -0.321. The number of benzene rings is 2. The van der Waals surface area contributed by atoms with Crippen LogP contribution in [0.4, 0.5) is 4.39 Å². The number of fused-ring (bicyclic) bond motifs is 2. The molecule has 3 heterocycles. The first-order valence-corrected chi connectivity index (χ1v) is 12.3. The van der Waals surface area contributed by atoms with E-state index < -0.39 is 0 Å². The van der Waals surface area contributed by atoms with Gasteiger partial charge in [-0.05, 0) is 43.3 Å². The van der Waals surface area contributed by atoms with Crippen molar-refractivity contribution in [2.45, 2.75) is 32.9 Å². The third kappa shape index (κ3) is 4.81. The lowest BCUT2D eigenvalue weighted by Crippen LogP contribution is -2.35. The molecule has 0 atom stereocenters. The van der Waals surface area contributed by atoms with Crippen LogP contribution in [0.15, 0.2) is 42.5 Å². The lowest BCUT2D eigenvalue weighted by atomic mass is 10.0. The number of rotatable bonds is 9. The van der Waals surface area contributed by atoms with E-state index in [-0.39, 0.29) is 18.5 Å². The number of aromatic nitrogens is 2. The second-order valence-corrected chi connectivity index (χ2v) is 9.05. The van der Waals surface area contributed by atoms with Gasteiger partial charge in [0.2, 0.25) is 6.79 Å². The Morgan fingerprint density at radius 2 is 2.03 bits per heavy atom. The Morgan fingerprint density at radius 3 is 2.83 bits per heavy atom. The zero-order valence-electron chi connectivity index (χ0n) is 20.7. The molecule has 1 amide bonds. The summed E-state index contributed by atoms with van der Waals surface area (Å²) in [6.45, 7) is 5.98. The van der Waals surface area contributed by atoms with Crippen LogP contribution in [0.1, 0.15) is 40.7 Å². The fourth-order valence-electron chi connectivity index (χ4n) is 4.85. The number of hydrogen-bond acceptors (Lipinski definition) is 6. The van der Waals surface area contributed by atoms with Gasteiger partial charge in [-0.25, -0.2) is 9.07 Å². The number of amides is 1. The number of halogens is 1. The number of hydrogen-bond donors (Lipinski definition) is 0. The Balaban J connectivity index is 1.50. The third-order valence-electron chi connectivity index (χ3n) is 6.65. The number of para-hydroxylation sites is 1. The molecular weight excluding hydrogens is 463 g/mol. The summed E-state index contributed by atoms with van der Waals surface area (Å²) in [4.78, 5) is 17.7. The number of ether oxygens (including phenoxy) is 3. The van der Waals surface area contributed by atoms with Crippen molar-refractivity contribution in [2.75, 3.05) is 40.1 Å². The van der Waals surface area contributed by atoms with Crippen LogP contribution in [0, 0.1) is 5.82 Å². The second kappa shape index (κ2) is 10.7. The molecule has 9 heteroatoms. The minimum absolute atomic E-state index is 0.147. The molecule has 0 unspecified atom stereocenters. The highest BCUT2D eigenvalue weighted by molar-refractivity contribution is 5.95. The van der Waals surface area contributed by atoms with Gasteiger partial charge in [-0.2, -0.15) is 5.10 Å². The fourth-order valence-corrected chi connectivity index (χ4v) is 4.85. The Labute approximate surface area is 210 Å². The first-order chi connectivity index (χ1) is 17.6. The summed E-state index contributed by atoms with van der Waals surface area (Å²) in [7, 11) is 1.61. The number of methoxy groups -OCH3 is 1. The van der Waals surface area contributed by atoms with Crippen molar-refractivity contribution >= 4 is 5.91 Å². The molecule has 3 aromatic rings. The summed E-state index contributed by atoms with van der Waals surface area (Å²) in [6, 6.07) is 11.9. The molecule has 0 saturated carbocycles. The molecule has 0 saturated heterocycles. The van der Waals surface area contributed by atoms with Crippen molar-refractivity contribution in [3.8, 4) is 17.2 Å². The van der Waals surface area contributed by atoms with E-state index >= 15 is 0 Å². The fraction of sp³-hybridized carbons (Fsp3) is 0.407. The molecule has 0 fully saturated rings. The second-order valence-electron chi connectivity index (χ2n) is 9.05. The van der Waals surface area contributed by atoms with E-state index in [9.17, 15) is 9.18 Å². The topological polar surface area (TPSA) is 69.1 Å². The van der Waals surface area contributed by atoms with Gasteiger partial charge in [-0.1, -0.05) is 19.1 Å². The van der Waals surface area contributed by atoms with Crippen molar-refractivity contribution in [2.24, 2.45) is 0 Å². The van der Waals surface area contributed by atoms with Gasteiger partial charge in [-0.3, -0.25) is 9.69 Å². The highest BCUT2D eigenvalue weighted by atomic mass is 19.1. The average Bonchev–Trinajstić information content (AvgIpc) is 3.50. The normalized spacial score (nSPS) is 14.6. The molecule has 2 aliphatic heterocycles. The van der Waals surface area contributed by atoms with E-state index in [0.717, 1.165) is 49.4 Å². The predicted octanol–water partition coefficient (Wildman–Crippen LogP) is 3.80. The zero-order chi connectivity index (χ0) is 25.1. The van der Waals surface area contributed by atoms with Crippen LogP contribution in [-0.2, 0) is 24.2 Å². The Hall–Kier alpha value is -3.43. The molecule has 0 aliphatic carbocycles. The van der Waals surface area contributed by atoms with Crippen molar-refractivity contribution in [3.63, 3.8) is 0 Å². The highest BCUT2D eigenvalue weighted by Crippen LogP contribution is 2.33. The quantitative estimate of drug-likeness (QED) is 0.451. The predicted molar refractivity (Wildman–Crippen MR) is 132 cm³/mol. The molecule has 8 nitrogen and oxygen atoms in total. The van der Waals surface area contributed by atoms with Crippen LogP contribution in [0.25, 0.3) is 5.69 Å². The summed E-state index contributed by atoms with van der Waals surface area (Å²) in [5.41, 5.74) is 3.78. The van der Waals surface area contributed by atoms with Crippen LogP contribution < -0.4 is 9.47 Å². The zero-order valence-corrected chi connectivity index (χ0v) is 20.7. The summed E-state index contributed by atoms with van der Waals surface area (Å²) >= 11 is 0. The average molecular weight is 495 g/mol. The van der Waals surface area contributed by atoms with Gasteiger partial charge in [0.25, 0.3) is 5.91 Å². The summed E-state index contributed by atoms with van der Waals surface area (Å²) < 4.78 is 32.6. The molecule has 36 heavy (non-hydrogen) atoms. The number of carbonyl (C=O) groups excluding carboxylic acids is 1. The lowest BCUT2D eigenvalue weighted by Gasteiger charge is -2.28. The molecular formula is C27H31FN4O4. The van der Waals surface area contributed by atoms with Gasteiger partial charge in [0.1, 0.15) is 11.5 Å². The molecule has 0 spiro atoms. The smallest absolute Gasteiger partial charge is 0.254 e. The van der Waals surface area contributed by atoms with E-state index in [1.165, 1.54) is 6.07 Å². The Morgan fingerprint density at radius 1 is 1.19 bits per heavy atom. The van der Waals surface area contributed by atoms with E-state index in [0.29, 0.717) is 42.4 Å². The van der Waals surface area contributed by atoms with Crippen LogP contribution in [0.3, 0.4) is 0 Å². The maximum absolute atomic E-state index is 14.8. The molecule has 190 valence electrons. The van der Waals surface area contributed by atoms with E-state index in [1.807, 2.05) is 6.07 Å². The molecule has 5 rings (SSSR count). The first-order valence-electron chi connectivity index (χ1n) is 12.3. The largest absolute Gasteiger partial charge is 0.454 e.